The lowest BCUT2D eigenvalue weighted by Crippen LogP contribution is -2.14. The van der Waals surface area contributed by atoms with Crippen molar-refractivity contribution in [1.82, 2.24) is 0 Å². The molecule has 0 heterocycles. The molecule has 0 bridgehead atoms. The van der Waals surface area contributed by atoms with Crippen molar-refractivity contribution >= 4 is 0 Å². The summed E-state index contributed by atoms with van der Waals surface area (Å²) in [6, 6.07) is 0. The smallest absolute Gasteiger partial charge is 0.0195 e. The second kappa shape index (κ2) is 12.4. The predicted molar refractivity (Wildman–Crippen MR) is 79.2 cm³/mol. The minimum absolute atomic E-state index is 1.12. The van der Waals surface area contributed by atoms with Crippen LogP contribution >= 0.6 is 0 Å². The average Bonchev–Trinajstić information content (AvgIpc) is 2.45. The standard InChI is InChI=1S/C13H24.C2H6.CH5N/c1-3-7-12(8-4-1)11-13-9-5-2-6-10-13;2*1-2/h12-13H,1-11H2;1-2H3;2H2,1H3. The highest BCUT2D eigenvalue weighted by Gasteiger charge is 2.20. The van der Waals surface area contributed by atoms with E-state index < -0.39 is 0 Å². The lowest BCUT2D eigenvalue weighted by atomic mass is 9.78. The molecule has 2 fully saturated rings. The van der Waals surface area contributed by atoms with Crippen molar-refractivity contribution in [2.75, 3.05) is 7.05 Å². The van der Waals surface area contributed by atoms with Gasteiger partial charge in [-0.1, -0.05) is 78.1 Å². The van der Waals surface area contributed by atoms with E-state index in [1.165, 1.54) is 45.6 Å². The summed E-state index contributed by atoms with van der Waals surface area (Å²) < 4.78 is 0. The van der Waals surface area contributed by atoms with E-state index in [9.17, 15) is 0 Å². The molecule has 0 spiro atoms. The van der Waals surface area contributed by atoms with E-state index in [4.69, 9.17) is 0 Å². The Morgan fingerprint density at radius 3 is 1.24 bits per heavy atom. The molecule has 0 aliphatic heterocycles. The Bertz CT molecular complexity index is 116. The second-order valence-electron chi connectivity index (χ2n) is 5.24. The van der Waals surface area contributed by atoms with Crippen LogP contribution in [0.2, 0.25) is 0 Å². The summed E-state index contributed by atoms with van der Waals surface area (Å²) in [6.45, 7) is 4.00. The van der Waals surface area contributed by atoms with Gasteiger partial charge in [0.05, 0.1) is 0 Å². The predicted octanol–water partition coefficient (Wildman–Crippen LogP) is 5.14. The van der Waals surface area contributed by atoms with Gasteiger partial charge in [0, 0.05) is 0 Å². The summed E-state index contributed by atoms with van der Waals surface area (Å²) in [5, 5.41) is 0. The molecule has 0 saturated heterocycles. The highest BCUT2D eigenvalue weighted by atomic mass is 14.4. The number of hydrogen-bond acceptors (Lipinski definition) is 1. The lowest BCUT2D eigenvalue weighted by molar-refractivity contribution is 0.244. The van der Waals surface area contributed by atoms with Gasteiger partial charge in [-0.15, -0.1) is 0 Å². The Labute approximate surface area is 110 Å². The van der Waals surface area contributed by atoms with Crippen molar-refractivity contribution in [3.05, 3.63) is 0 Å². The highest BCUT2D eigenvalue weighted by molar-refractivity contribution is 4.73. The molecule has 0 atom stereocenters. The Kier molecular flexibility index (Phi) is 12.4. The van der Waals surface area contributed by atoms with Crippen LogP contribution in [-0.2, 0) is 0 Å². The quantitative estimate of drug-likeness (QED) is 0.712. The van der Waals surface area contributed by atoms with Gasteiger partial charge in [-0.25, -0.2) is 0 Å². The van der Waals surface area contributed by atoms with Crippen molar-refractivity contribution in [3.63, 3.8) is 0 Å². The van der Waals surface area contributed by atoms with Crippen molar-refractivity contribution in [2.24, 2.45) is 17.6 Å². The minimum Gasteiger partial charge on any atom is -0.333 e. The monoisotopic (exact) mass is 241 g/mol. The van der Waals surface area contributed by atoms with Crippen LogP contribution in [0.1, 0.15) is 84.5 Å². The maximum absolute atomic E-state index is 4.50. The molecule has 1 nitrogen and oxygen atoms in total. The van der Waals surface area contributed by atoms with Crippen LogP contribution in [0.25, 0.3) is 0 Å². The highest BCUT2D eigenvalue weighted by Crippen LogP contribution is 2.34. The van der Waals surface area contributed by atoms with Crippen LogP contribution in [0.4, 0.5) is 0 Å². The normalized spacial score (nSPS) is 21.9. The van der Waals surface area contributed by atoms with Gasteiger partial charge in [-0.2, -0.15) is 0 Å². The summed E-state index contributed by atoms with van der Waals surface area (Å²) >= 11 is 0. The summed E-state index contributed by atoms with van der Waals surface area (Å²) in [7, 11) is 1.50. The zero-order valence-corrected chi connectivity index (χ0v) is 12.5. The molecule has 1 heteroatoms. The van der Waals surface area contributed by atoms with E-state index in [1.807, 2.05) is 13.8 Å². The van der Waals surface area contributed by atoms with Gasteiger partial charge >= 0.3 is 0 Å². The van der Waals surface area contributed by atoms with E-state index in [0.29, 0.717) is 0 Å². The Morgan fingerprint density at radius 2 is 0.941 bits per heavy atom. The van der Waals surface area contributed by atoms with Crippen LogP contribution < -0.4 is 5.73 Å². The molecule has 0 radical (unpaired) electrons. The first kappa shape index (κ1) is 17.0. The molecule has 0 aromatic heterocycles. The Morgan fingerprint density at radius 1 is 0.647 bits per heavy atom. The van der Waals surface area contributed by atoms with E-state index >= 15 is 0 Å². The summed E-state index contributed by atoms with van der Waals surface area (Å²) in [6.07, 6.45) is 16.9. The molecule has 0 aromatic carbocycles. The van der Waals surface area contributed by atoms with Crippen LogP contribution in [-0.4, -0.2) is 7.05 Å². The molecule has 2 saturated carbocycles. The molecule has 2 aliphatic carbocycles. The first-order chi connectivity index (χ1) is 8.45. The van der Waals surface area contributed by atoms with Gasteiger partial charge in [-0.05, 0) is 25.3 Å². The summed E-state index contributed by atoms with van der Waals surface area (Å²) in [5.41, 5.74) is 4.50. The van der Waals surface area contributed by atoms with Gasteiger partial charge < -0.3 is 5.73 Å². The number of nitrogens with two attached hydrogens (primary N) is 1. The largest absolute Gasteiger partial charge is 0.333 e. The Hall–Kier alpha value is -0.0400. The summed E-state index contributed by atoms with van der Waals surface area (Å²) in [4.78, 5) is 0. The van der Waals surface area contributed by atoms with Gasteiger partial charge in [0.1, 0.15) is 0 Å². The van der Waals surface area contributed by atoms with E-state index in [-0.39, 0.29) is 0 Å². The molecule has 0 unspecified atom stereocenters. The minimum atomic E-state index is 1.12. The maximum Gasteiger partial charge on any atom is -0.0195 e. The van der Waals surface area contributed by atoms with Crippen molar-refractivity contribution in [1.29, 1.82) is 0 Å². The van der Waals surface area contributed by atoms with Gasteiger partial charge in [0.2, 0.25) is 0 Å². The second-order valence-corrected chi connectivity index (χ2v) is 5.24. The molecular weight excluding hydrogens is 206 g/mol. The third-order valence-corrected chi connectivity index (χ3v) is 4.12. The lowest BCUT2D eigenvalue weighted by Gasteiger charge is -2.28. The molecule has 0 aromatic rings. The molecule has 104 valence electrons. The average molecular weight is 241 g/mol. The fourth-order valence-corrected chi connectivity index (χ4v) is 3.32. The summed E-state index contributed by atoms with van der Waals surface area (Å²) in [5.74, 6) is 2.24. The van der Waals surface area contributed by atoms with Crippen LogP contribution in [0.5, 0.6) is 0 Å². The van der Waals surface area contributed by atoms with Crippen LogP contribution in [0.15, 0.2) is 0 Å². The van der Waals surface area contributed by atoms with Gasteiger partial charge in [0.25, 0.3) is 0 Å². The van der Waals surface area contributed by atoms with E-state index in [1.54, 1.807) is 32.1 Å². The zero-order valence-electron chi connectivity index (χ0n) is 12.5. The first-order valence-corrected chi connectivity index (χ1v) is 8.03. The third kappa shape index (κ3) is 7.81. The fraction of sp³-hybridized carbons (Fsp3) is 1.00. The van der Waals surface area contributed by atoms with Crippen LogP contribution in [0.3, 0.4) is 0 Å². The molecule has 0 amide bonds. The van der Waals surface area contributed by atoms with Gasteiger partial charge in [-0.3, -0.25) is 0 Å². The third-order valence-electron chi connectivity index (χ3n) is 4.12. The first-order valence-electron chi connectivity index (χ1n) is 8.03. The molecule has 2 rings (SSSR count). The SMILES string of the molecule is C1CCC(CC2CCCCC2)CC1.CC.CN. The zero-order chi connectivity index (χ0) is 12.9. The molecule has 17 heavy (non-hydrogen) atoms. The maximum atomic E-state index is 4.50. The topological polar surface area (TPSA) is 26.0 Å². The number of hydrogen-bond donors (Lipinski definition) is 1. The molecule has 2 aliphatic rings. The van der Waals surface area contributed by atoms with Crippen LogP contribution in [0, 0.1) is 11.8 Å². The Balaban J connectivity index is 0.000000581. The molecule has 2 N–H and O–H groups in total. The van der Waals surface area contributed by atoms with Crippen molar-refractivity contribution in [3.8, 4) is 0 Å². The molecular formula is C16H35N. The van der Waals surface area contributed by atoms with Gasteiger partial charge in [0.15, 0.2) is 0 Å². The van der Waals surface area contributed by atoms with Crippen molar-refractivity contribution in [2.45, 2.75) is 84.5 Å². The number of rotatable bonds is 2. The fourth-order valence-electron chi connectivity index (χ4n) is 3.32. The van der Waals surface area contributed by atoms with Crippen molar-refractivity contribution < 1.29 is 0 Å². The van der Waals surface area contributed by atoms with E-state index in [2.05, 4.69) is 5.73 Å². The van der Waals surface area contributed by atoms with E-state index in [0.717, 1.165) is 11.8 Å².